The first-order chi connectivity index (χ1) is 15.8. The number of alkyl halides is 2. The normalized spacial score (nSPS) is 28.4. The minimum atomic E-state index is -4.01. The molecule has 1 aliphatic rings. The summed E-state index contributed by atoms with van der Waals surface area (Å²) in [5.74, 6) is -8.59. The zero-order valence-electron chi connectivity index (χ0n) is 19.2. The van der Waals surface area contributed by atoms with Crippen LogP contribution in [0.2, 0.25) is 0 Å². The molecule has 0 aromatic heterocycles. The average molecular weight is 497 g/mol. The van der Waals surface area contributed by atoms with E-state index in [0.717, 1.165) is 32.6 Å². The summed E-state index contributed by atoms with van der Waals surface area (Å²) in [5.41, 5.74) is 10.5. The molecule has 1 rings (SSSR count). The zero-order chi connectivity index (χ0) is 26.1. The molecule has 1 fully saturated rings. The number of unbranched alkanes of at least 4 members (excludes halogenated alkanes) is 4. The number of hydrogen-bond acceptors (Lipinski definition) is 8. The predicted molar refractivity (Wildman–Crippen MR) is 115 cm³/mol. The van der Waals surface area contributed by atoms with Crippen LogP contribution in [-0.2, 0) is 23.9 Å². The summed E-state index contributed by atoms with van der Waals surface area (Å²) in [7, 11) is 0. The molecule has 0 spiro atoms. The van der Waals surface area contributed by atoms with Crippen LogP contribution in [0.15, 0.2) is 4.99 Å². The summed E-state index contributed by atoms with van der Waals surface area (Å²) < 4.78 is 39.4. The number of ether oxygens (including phenoxy) is 2. The number of amides is 1. The number of carboxylic acids is 1. The van der Waals surface area contributed by atoms with Crippen molar-refractivity contribution in [3.63, 3.8) is 0 Å². The van der Waals surface area contributed by atoms with E-state index in [-0.39, 0.29) is 6.42 Å². The van der Waals surface area contributed by atoms with E-state index in [0.29, 0.717) is 6.42 Å². The molecule has 12 nitrogen and oxygen atoms in total. The van der Waals surface area contributed by atoms with Crippen LogP contribution in [0.5, 0.6) is 0 Å². The second-order valence-corrected chi connectivity index (χ2v) is 8.11. The van der Waals surface area contributed by atoms with Crippen molar-refractivity contribution in [3.8, 4) is 0 Å². The average Bonchev–Trinajstić information content (AvgIpc) is 2.75. The van der Waals surface area contributed by atoms with Gasteiger partial charge in [-0.1, -0.05) is 32.6 Å². The number of nitrogens with zero attached hydrogens (tertiary/aromatic N) is 1. The molecule has 1 saturated heterocycles. The lowest BCUT2D eigenvalue weighted by Crippen LogP contribution is -2.71. The first-order valence-electron chi connectivity index (χ1n) is 11.0. The van der Waals surface area contributed by atoms with Gasteiger partial charge in [0.25, 0.3) is 0 Å². The molecule has 196 valence electrons. The lowest BCUT2D eigenvalue weighted by molar-refractivity contribution is -0.276. The van der Waals surface area contributed by atoms with Gasteiger partial charge in [-0.25, -0.2) is 14.2 Å². The lowest BCUT2D eigenvalue weighted by Gasteiger charge is -2.45. The maximum Gasteiger partial charge on any atom is 0.372 e. The molecule has 1 heterocycles. The third kappa shape index (κ3) is 8.02. The summed E-state index contributed by atoms with van der Waals surface area (Å²) in [6.45, 7) is 2.31. The summed E-state index contributed by atoms with van der Waals surface area (Å²) in [5, 5.41) is 32.2. The molecule has 7 atom stereocenters. The molecule has 3 unspecified atom stereocenters. The molecule has 14 heteroatoms. The standard InChI is InChI=1S/C20H34F2N4O8/c1-3-4-5-6-7-8-12(29)33-9-11(28)15(30)16-13(25-10(2)27)14(26-19(23)24)17(21)20(22,34-16)18(31)32/h11,13-17,28,30H,3-9H2,1-2H3,(H,25,27)(H,31,32)(H4,23,24,26)/t11-,13-,14?,15-,16?,17?,20-/m1/s1. The minimum Gasteiger partial charge on any atom is -0.477 e. The van der Waals surface area contributed by atoms with Gasteiger partial charge in [-0.05, 0) is 6.42 Å². The first-order valence-corrected chi connectivity index (χ1v) is 11.0. The van der Waals surface area contributed by atoms with Crippen molar-refractivity contribution in [2.45, 2.75) is 94.8 Å². The number of halogens is 2. The highest BCUT2D eigenvalue weighted by atomic mass is 19.2. The lowest BCUT2D eigenvalue weighted by atomic mass is 9.86. The number of nitrogens with one attached hydrogen (secondary N) is 1. The number of nitrogens with two attached hydrogens (primary N) is 2. The number of rotatable bonds is 13. The van der Waals surface area contributed by atoms with Gasteiger partial charge in [-0.15, -0.1) is 0 Å². The van der Waals surface area contributed by atoms with Crippen LogP contribution in [0.1, 0.15) is 52.4 Å². The number of carbonyl (C=O) groups is 3. The topological polar surface area (TPSA) is 207 Å². The number of carboxylic acid groups (broad SMARTS) is 1. The SMILES string of the molecule is CCCCCCCC(=O)OC[C@@H](O)[C@@H](O)C1O[C@@](F)(C(=O)O)C(F)C(N=C(N)N)[C@H]1NC(C)=O. The van der Waals surface area contributed by atoms with E-state index >= 15 is 0 Å². The molecule has 0 aliphatic carbocycles. The number of aliphatic hydroxyl groups excluding tert-OH is 2. The van der Waals surface area contributed by atoms with E-state index in [1.54, 1.807) is 0 Å². The Bertz CT molecular complexity index is 739. The summed E-state index contributed by atoms with van der Waals surface area (Å²) in [6, 6.07) is -3.71. The van der Waals surface area contributed by atoms with Crippen molar-refractivity contribution in [1.82, 2.24) is 5.32 Å². The fourth-order valence-corrected chi connectivity index (χ4v) is 3.54. The summed E-state index contributed by atoms with van der Waals surface area (Å²) in [4.78, 5) is 38.4. The van der Waals surface area contributed by atoms with Crippen molar-refractivity contribution < 1.29 is 48.0 Å². The molecule has 1 amide bonds. The number of carbonyl (C=O) groups excluding carboxylic acids is 2. The highest BCUT2D eigenvalue weighted by Gasteiger charge is 2.63. The van der Waals surface area contributed by atoms with Crippen molar-refractivity contribution in [2.75, 3.05) is 6.61 Å². The maximum atomic E-state index is 15.0. The maximum absolute atomic E-state index is 15.0. The number of esters is 1. The molecular formula is C20H34F2N4O8. The van der Waals surface area contributed by atoms with E-state index in [1.165, 1.54) is 0 Å². The minimum absolute atomic E-state index is 0.0731. The molecule has 0 saturated carbocycles. The van der Waals surface area contributed by atoms with Crippen LogP contribution < -0.4 is 16.8 Å². The Labute approximate surface area is 195 Å². The molecule has 0 aromatic carbocycles. The second kappa shape index (κ2) is 13.3. The number of aliphatic imine (C=N–C) groups is 1. The molecule has 0 bridgehead atoms. The van der Waals surface area contributed by atoms with Crippen LogP contribution in [0.25, 0.3) is 0 Å². The Hall–Kier alpha value is -2.58. The monoisotopic (exact) mass is 496 g/mol. The van der Waals surface area contributed by atoms with Crippen molar-refractivity contribution in [2.24, 2.45) is 16.5 Å². The number of guanidine groups is 1. The number of hydrogen-bond donors (Lipinski definition) is 6. The fourth-order valence-electron chi connectivity index (χ4n) is 3.54. The molecule has 8 N–H and O–H groups in total. The largest absolute Gasteiger partial charge is 0.477 e. The van der Waals surface area contributed by atoms with E-state index in [9.17, 15) is 38.5 Å². The Kier molecular flexibility index (Phi) is 11.6. The van der Waals surface area contributed by atoms with Crippen molar-refractivity contribution >= 4 is 23.8 Å². The summed E-state index contributed by atoms with van der Waals surface area (Å²) in [6.07, 6.45) is -4.59. The Morgan fingerprint density at radius 3 is 2.35 bits per heavy atom. The zero-order valence-corrected chi connectivity index (χ0v) is 19.2. The Morgan fingerprint density at radius 1 is 1.21 bits per heavy atom. The highest BCUT2D eigenvalue weighted by molar-refractivity contribution is 5.79. The number of aliphatic hydroxyl groups is 2. The Morgan fingerprint density at radius 2 is 1.82 bits per heavy atom. The van der Waals surface area contributed by atoms with E-state index in [4.69, 9.17) is 20.9 Å². The molecule has 0 radical (unpaired) electrons. The van der Waals surface area contributed by atoms with E-state index in [1.807, 2.05) is 6.92 Å². The van der Waals surface area contributed by atoms with Gasteiger partial charge in [0.1, 0.15) is 31.0 Å². The van der Waals surface area contributed by atoms with Gasteiger partial charge >= 0.3 is 17.8 Å². The van der Waals surface area contributed by atoms with Crippen LogP contribution in [0, 0.1) is 0 Å². The van der Waals surface area contributed by atoms with Gasteiger partial charge in [0.15, 0.2) is 12.1 Å². The number of aliphatic carboxylic acids is 1. The highest BCUT2D eigenvalue weighted by Crippen LogP contribution is 2.37. The van der Waals surface area contributed by atoms with Crippen molar-refractivity contribution in [3.05, 3.63) is 0 Å². The van der Waals surface area contributed by atoms with Gasteiger partial charge in [0, 0.05) is 13.3 Å². The van der Waals surface area contributed by atoms with Crippen LogP contribution in [-0.4, -0.2) is 88.2 Å². The van der Waals surface area contributed by atoms with Gasteiger partial charge in [0.05, 0.1) is 6.04 Å². The van der Waals surface area contributed by atoms with Crippen LogP contribution in [0.3, 0.4) is 0 Å². The molecular weight excluding hydrogens is 462 g/mol. The van der Waals surface area contributed by atoms with E-state index in [2.05, 4.69) is 10.3 Å². The van der Waals surface area contributed by atoms with Crippen molar-refractivity contribution in [1.29, 1.82) is 0 Å². The molecule has 1 aliphatic heterocycles. The smallest absolute Gasteiger partial charge is 0.372 e. The third-order valence-corrected chi connectivity index (χ3v) is 5.27. The van der Waals surface area contributed by atoms with Gasteiger partial charge in [-0.3, -0.25) is 9.59 Å². The van der Waals surface area contributed by atoms with Crippen LogP contribution >= 0.6 is 0 Å². The predicted octanol–water partition coefficient (Wildman–Crippen LogP) is -0.754. The van der Waals surface area contributed by atoms with Gasteiger partial charge < -0.3 is 41.6 Å². The van der Waals surface area contributed by atoms with Gasteiger partial charge in [-0.2, -0.15) is 4.39 Å². The summed E-state index contributed by atoms with van der Waals surface area (Å²) >= 11 is 0. The Balaban J connectivity index is 3.00. The first kappa shape index (κ1) is 29.5. The van der Waals surface area contributed by atoms with E-state index < -0.39 is 72.8 Å². The fraction of sp³-hybridized carbons (Fsp3) is 0.800. The molecule has 34 heavy (non-hydrogen) atoms. The molecule has 0 aromatic rings. The van der Waals surface area contributed by atoms with Crippen LogP contribution in [0.4, 0.5) is 8.78 Å². The quantitative estimate of drug-likeness (QED) is 0.0813. The second-order valence-electron chi connectivity index (χ2n) is 8.11. The van der Waals surface area contributed by atoms with Gasteiger partial charge in [0.2, 0.25) is 5.91 Å². The third-order valence-electron chi connectivity index (χ3n) is 5.27.